The van der Waals surface area contributed by atoms with Crippen molar-refractivity contribution in [2.75, 3.05) is 43.4 Å². The van der Waals surface area contributed by atoms with Crippen molar-refractivity contribution in [3.05, 3.63) is 30.5 Å². The van der Waals surface area contributed by atoms with Gasteiger partial charge in [0.15, 0.2) is 0 Å². The first-order valence-electron chi connectivity index (χ1n) is 9.26. The van der Waals surface area contributed by atoms with Gasteiger partial charge in [-0.25, -0.2) is 9.97 Å². The largest absolute Gasteiger partial charge is 0.354 e. The number of aromatic amines is 1. The molecule has 1 saturated heterocycles. The van der Waals surface area contributed by atoms with E-state index in [4.69, 9.17) is 0 Å². The number of pyridine rings is 1. The highest BCUT2D eigenvalue weighted by Gasteiger charge is 2.35. The van der Waals surface area contributed by atoms with Gasteiger partial charge in [-0.1, -0.05) is 6.42 Å². The van der Waals surface area contributed by atoms with Crippen molar-refractivity contribution in [1.82, 2.24) is 25.1 Å². The molecule has 0 unspecified atom stereocenters. The number of amides is 1. The minimum Gasteiger partial charge on any atom is -0.354 e. The molecule has 138 valence electrons. The molecular weight excluding hydrogens is 330 g/mol. The van der Waals surface area contributed by atoms with Crippen LogP contribution in [0.15, 0.2) is 24.7 Å². The Morgan fingerprint density at radius 3 is 2.73 bits per heavy atom. The molecule has 26 heavy (non-hydrogen) atoms. The number of H-pyrrole nitrogens is 1. The maximum absolute atomic E-state index is 12.7. The van der Waals surface area contributed by atoms with Crippen LogP contribution in [0.25, 0.3) is 0 Å². The number of rotatable bonds is 4. The number of nitrogens with zero attached hydrogens (tertiary/aromatic N) is 5. The first-order chi connectivity index (χ1) is 12.7. The SMILES string of the molecule is CN1CCN(c2ccc(NC(=O)[C@@H]3CCC[C@@H]3c3ncn[nH]3)cn2)CC1. The fraction of sp³-hybridized carbons (Fsp3) is 0.556. The Labute approximate surface area is 153 Å². The lowest BCUT2D eigenvalue weighted by Crippen LogP contribution is -2.44. The molecule has 2 aromatic rings. The highest BCUT2D eigenvalue weighted by atomic mass is 16.1. The van der Waals surface area contributed by atoms with Gasteiger partial charge in [0, 0.05) is 38.0 Å². The van der Waals surface area contributed by atoms with E-state index in [0.29, 0.717) is 0 Å². The number of aromatic nitrogens is 4. The third kappa shape index (κ3) is 3.55. The molecule has 2 atom stereocenters. The number of likely N-dealkylation sites (N-methyl/N-ethyl adjacent to an activating group) is 1. The van der Waals surface area contributed by atoms with Gasteiger partial charge in [-0.15, -0.1) is 0 Å². The van der Waals surface area contributed by atoms with Crippen LogP contribution in [0.3, 0.4) is 0 Å². The standard InChI is InChI=1S/C18H25N7O/c1-24-7-9-25(10-8-24)16-6-5-13(11-19-16)22-18(26)15-4-2-3-14(15)17-20-12-21-23-17/h5-6,11-12,14-15H,2-4,7-10H2,1H3,(H,22,26)(H,20,21,23)/t14-,15+/m0/s1. The fourth-order valence-electron chi connectivity index (χ4n) is 3.91. The number of anilines is 2. The fourth-order valence-corrected chi connectivity index (χ4v) is 3.91. The quantitative estimate of drug-likeness (QED) is 0.863. The number of carbonyl (C=O) groups is 1. The number of hydrogen-bond donors (Lipinski definition) is 2. The second-order valence-corrected chi connectivity index (χ2v) is 7.20. The molecule has 1 aliphatic carbocycles. The zero-order valence-corrected chi connectivity index (χ0v) is 15.1. The third-order valence-corrected chi connectivity index (χ3v) is 5.48. The summed E-state index contributed by atoms with van der Waals surface area (Å²) in [5, 5.41) is 9.85. The van der Waals surface area contributed by atoms with Gasteiger partial charge in [-0.3, -0.25) is 9.89 Å². The van der Waals surface area contributed by atoms with E-state index in [0.717, 1.165) is 62.8 Å². The van der Waals surface area contributed by atoms with Gasteiger partial charge >= 0.3 is 0 Å². The highest BCUT2D eigenvalue weighted by Crippen LogP contribution is 2.38. The molecule has 1 amide bonds. The van der Waals surface area contributed by atoms with Crippen molar-refractivity contribution in [2.24, 2.45) is 5.92 Å². The zero-order chi connectivity index (χ0) is 17.9. The van der Waals surface area contributed by atoms with E-state index in [1.807, 2.05) is 12.1 Å². The molecule has 1 saturated carbocycles. The molecule has 8 heteroatoms. The number of piperazine rings is 1. The third-order valence-electron chi connectivity index (χ3n) is 5.48. The molecule has 0 spiro atoms. The summed E-state index contributed by atoms with van der Waals surface area (Å²) in [5.74, 6) is 1.87. The van der Waals surface area contributed by atoms with Gasteiger partial charge in [-0.05, 0) is 32.0 Å². The monoisotopic (exact) mass is 355 g/mol. The summed E-state index contributed by atoms with van der Waals surface area (Å²) >= 11 is 0. The van der Waals surface area contributed by atoms with E-state index in [-0.39, 0.29) is 17.7 Å². The average molecular weight is 355 g/mol. The molecule has 0 aromatic carbocycles. The van der Waals surface area contributed by atoms with E-state index in [1.165, 1.54) is 6.33 Å². The maximum Gasteiger partial charge on any atom is 0.228 e. The van der Waals surface area contributed by atoms with Gasteiger partial charge in [0.2, 0.25) is 5.91 Å². The van der Waals surface area contributed by atoms with E-state index in [1.54, 1.807) is 6.20 Å². The lowest BCUT2D eigenvalue weighted by Gasteiger charge is -2.33. The van der Waals surface area contributed by atoms with Crippen LogP contribution in [0.4, 0.5) is 11.5 Å². The number of carbonyl (C=O) groups excluding carboxylic acids is 1. The average Bonchev–Trinajstić information content (AvgIpc) is 3.34. The molecule has 2 N–H and O–H groups in total. The molecular formula is C18H25N7O. The van der Waals surface area contributed by atoms with Gasteiger partial charge < -0.3 is 15.1 Å². The van der Waals surface area contributed by atoms with Crippen LogP contribution in [0.5, 0.6) is 0 Å². The Hall–Kier alpha value is -2.48. The second kappa shape index (κ2) is 7.41. The maximum atomic E-state index is 12.7. The summed E-state index contributed by atoms with van der Waals surface area (Å²) in [6, 6.07) is 3.93. The summed E-state index contributed by atoms with van der Waals surface area (Å²) in [6.45, 7) is 4.06. The summed E-state index contributed by atoms with van der Waals surface area (Å²) in [6.07, 6.45) is 6.13. The molecule has 3 heterocycles. The Morgan fingerprint density at radius 1 is 1.19 bits per heavy atom. The summed E-state index contributed by atoms with van der Waals surface area (Å²) in [5.41, 5.74) is 0.746. The zero-order valence-electron chi connectivity index (χ0n) is 15.1. The topological polar surface area (TPSA) is 90.0 Å². The normalized spacial score (nSPS) is 24.0. The lowest BCUT2D eigenvalue weighted by molar-refractivity contribution is -0.120. The van der Waals surface area contributed by atoms with Crippen LogP contribution in [-0.4, -0.2) is 64.2 Å². The Balaban J connectivity index is 1.38. The molecule has 8 nitrogen and oxygen atoms in total. The van der Waals surface area contributed by atoms with Crippen LogP contribution in [-0.2, 0) is 4.79 Å². The molecule has 1 aliphatic heterocycles. The molecule has 2 aliphatic rings. The highest BCUT2D eigenvalue weighted by molar-refractivity contribution is 5.93. The van der Waals surface area contributed by atoms with E-state index >= 15 is 0 Å². The van der Waals surface area contributed by atoms with Gasteiger partial charge in [0.25, 0.3) is 0 Å². The Morgan fingerprint density at radius 2 is 2.04 bits per heavy atom. The van der Waals surface area contributed by atoms with E-state index < -0.39 is 0 Å². The van der Waals surface area contributed by atoms with E-state index in [9.17, 15) is 4.79 Å². The van der Waals surface area contributed by atoms with Crippen LogP contribution in [0.1, 0.15) is 31.0 Å². The molecule has 2 aromatic heterocycles. The van der Waals surface area contributed by atoms with Crippen molar-refractivity contribution in [3.63, 3.8) is 0 Å². The molecule has 4 rings (SSSR count). The Kier molecular flexibility index (Phi) is 4.83. The molecule has 0 radical (unpaired) electrons. The summed E-state index contributed by atoms with van der Waals surface area (Å²) < 4.78 is 0. The van der Waals surface area contributed by atoms with Crippen molar-refractivity contribution >= 4 is 17.4 Å². The van der Waals surface area contributed by atoms with Gasteiger partial charge in [0.1, 0.15) is 18.0 Å². The smallest absolute Gasteiger partial charge is 0.228 e. The van der Waals surface area contributed by atoms with Crippen LogP contribution >= 0.6 is 0 Å². The summed E-state index contributed by atoms with van der Waals surface area (Å²) in [7, 11) is 2.14. The predicted octanol–water partition coefficient (Wildman–Crippen LogP) is 1.47. The van der Waals surface area contributed by atoms with Gasteiger partial charge in [0.05, 0.1) is 11.9 Å². The van der Waals surface area contributed by atoms with Crippen molar-refractivity contribution in [1.29, 1.82) is 0 Å². The molecule has 2 fully saturated rings. The van der Waals surface area contributed by atoms with Crippen molar-refractivity contribution in [2.45, 2.75) is 25.2 Å². The minimum atomic E-state index is -0.0692. The van der Waals surface area contributed by atoms with E-state index in [2.05, 4.69) is 42.3 Å². The lowest BCUT2D eigenvalue weighted by atomic mass is 9.94. The molecule has 0 bridgehead atoms. The number of nitrogens with one attached hydrogen (secondary N) is 2. The van der Waals surface area contributed by atoms with Crippen molar-refractivity contribution < 1.29 is 4.79 Å². The Bertz CT molecular complexity index is 723. The summed E-state index contributed by atoms with van der Waals surface area (Å²) in [4.78, 5) is 26.1. The second-order valence-electron chi connectivity index (χ2n) is 7.20. The van der Waals surface area contributed by atoms with Crippen LogP contribution < -0.4 is 10.2 Å². The number of hydrogen-bond acceptors (Lipinski definition) is 6. The van der Waals surface area contributed by atoms with Crippen LogP contribution in [0.2, 0.25) is 0 Å². The first-order valence-corrected chi connectivity index (χ1v) is 9.26. The predicted molar refractivity (Wildman–Crippen MR) is 99.0 cm³/mol. The van der Waals surface area contributed by atoms with Gasteiger partial charge in [-0.2, -0.15) is 5.10 Å². The first kappa shape index (κ1) is 17.0. The van der Waals surface area contributed by atoms with Crippen molar-refractivity contribution in [3.8, 4) is 0 Å². The minimum absolute atomic E-state index is 0.0399. The van der Waals surface area contributed by atoms with Crippen LogP contribution in [0, 0.1) is 5.92 Å².